The molecule has 11 heteroatoms. The SMILES string of the molecule is CCOC(=O)C1CCN(c2nc3c(c(=O)[nH]2)C(C(=O)Nc2ccc(OC)cc2)CC(=O)N3)CC1. The van der Waals surface area contributed by atoms with Crippen molar-refractivity contribution in [3.05, 3.63) is 40.2 Å². The molecule has 0 bridgehead atoms. The van der Waals surface area contributed by atoms with Crippen molar-refractivity contribution in [1.82, 2.24) is 9.97 Å². The summed E-state index contributed by atoms with van der Waals surface area (Å²) in [6, 6.07) is 6.74. The second-order valence-electron chi connectivity index (χ2n) is 8.19. The summed E-state index contributed by atoms with van der Waals surface area (Å²) < 4.78 is 10.2. The van der Waals surface area contributed by atoms with Gasteiger partial charge in [-0.25, -0.2) is 0 Å². The van der Waals surface area contributed by atoms with Gasteiger partial charge in [-0.15, -0.1) is 0 Å². The number of amides is 2. The van der Waals surface area contributed by atoms with Gasteiger partial charge < -0.3 is 25.0 Å². The van der Waals surface area contributed by atoms with E-state index in [9.17, 15) is 19.2 Å². The van der Waals surface area contributed by atoms with Crippen LogP contribution < -0.4 is 25.8 Å². The number of rotatable bonds is 6. The van der Waals surface area contributed by atoms with Crippen molar-refractivity contribution in [2.45, 2.75) is 32.1 Å². The first-order valence-electron chi connectivity index (χ1n) is 11.2. The van der Waals surface area contributed by atoms with E-state index >= 15 is 0 Å². The van der Waals surface area contributed by atoms with E-state index in [2.05, 4.69) is 20.6 Å². The highest BCUT2D eigenvalue weighted by Gasteiger charge is 2.36. The number of carbonyl (C=O) groups excluding carboxylic acids is 3. The largest absolute Gasteiger partial charge is 0.497 e. The highest BCUT2D eigenvalue weighted by molar-refractivity contribution is 6.04. The smallest absolute Gasteiger partial charge is 0.309 e. The third-order valence-corrected chi connectivity index (χ3v) is 6.03. The summed E-state index contributed by atoms with van der Waals surface area (Å²) in [7, 11) is 1.54. The summed E-state index contributed by atoms with van der Waals surface area (Å²) >= 11 is 0. The molecular weight excluding hydrogens is 442 g/mol. The normalized spacial score (nSPS) is 18.0. The van der Waals surface area contributed by atoms with Gasteiger partial charge in [0.25, 0.3) is 5.56 Å². The molecule has 2 aromatic rings. The van der Waals surface area contributed by atoms with E-state index in [0.29, 0.717) is 49.9 Å². The Morgan fingerprint density at radius 1 is 1.18 bits per heavy atom. The fraction of sp³-hybridized carbons (Fsp3) is 0.435. The lowest BCUT2D eigenvalue weighted by Crippen LogP contribution is -2.41. The number of aromatic nitrogens is 2. The standard InChI is InChI=1S/C23H27N5O6/c1-3-34-22(32)13-8-10-28(11-9-13)23-26-19-18(21(31)27-23)16(12-17(29)25-19)20(30)24-14-4-6-15(33-2)7-5-14/h4-7,13,16H,3,8-12H2,1-2H3,(H,24,30)(H2,25,26,27,29,31). The predicted octanol–water partition coefficient (Wildman–Crippen LogP) is 1.62. The molecule has 3 heterocycles. The molecule has 1 aromatic carbocycles. The number of methoxy groups -OCH3 is 1. The number of esters is 1. The summed E-state index contributed by atoms with van der Waals surface area (Å²) in [6.07, 6.45) is 0.974. The molecule has 34 heavy (non-hydrogen) atoms. The maximum Gasteiger partial charge on any atom is 0.309 e. The predicted molar refractivity (Wildman–Crippen MR) is 124 cm³/mol. The summed E-state index contributed by atoms with van der Waals surface area (Å²) in [5.41, 5.74) is 0.155. The Hall–Kier alpha value is -3.89. The number of piperidine rings is 1. The second-order valence-corrected chi connectivity index (χ2v) is 8.19. The van der Waals surface area contributed by atoms with Gasteiger partial charge in [0, 0.05) is 25.2 Å². The maximum absolute atomic E-state index is 13.0. The Morgan fingerprint density at radius 2 is 1.88 bits per heavy atom. The van der Waals surface area contributed by atoms with Crippen molar-refractivity contribution >= 4 is 35.2 Å². The maximum atomic E-state index is 13.0. The molecule has 4 rings (SSSR count). The molecule has 1 atom stereocenters. The molecular formula is C23H27N5O6. The lowest BCUT2D eigenvalue weighted by atomic mass is 9.92. The Bertz CT molecular complexity index is 1140. The van der Waals surface area contributed by atoms with Crippen molar-refractivity contribution in [2.24, 2.45) is 5.92 Å². The van der Waals surface area contributed by atoms with Crippen LogP contribution in [0.2, 0.25) is 0 Å². The molecule has 3 N–H and O–H groups in total. The molecule has 0 aliphatic carbocycles. The highest BCUT2D eigenvalue weighted by Crippen LogP contribution is 2.31. The van der Waals surface area contributed by atoms with Crippen LogP contribution in [-0.4, -0.2) is 54.6 Å². The van der Waals surface area contributed by atoms with Gasteiger partial charge in [0.2, 0.25) is 17.8 Å². The van der Waals surface area contributed by atoms with Gasteiger partial charge in [0.15, 0.2) is 0 Å². The first-order chi connectivity index (χ1) is 16.4. The lowest BCUT2D eigenvalue weighted by Gasteiger charge is -2.32. The molecule has 2 aliphatic rings. The zero-order valence-corrected chi connectivity index (χ0v) is 19.1. The van der Waals surface area contributed by atoms with Crippen LogP contribution in [0.1, 0.15) is 37.7 Å². The van der Waals surface area contributed by atoms with Crippen molar-refractivity contribution in [1.29, 1.82) is 0 Å². The summed E-state index contributed by atoms with van der Waals surface area (Å²) in [6.45, 7) is 3.11. The number of benzene rings is 1. The lowest BCUT2D eigenvalue weighted by molar-refractivity contribution is -0.148. The number of hydrogen-bond acceptors (Lipinski definition) is 8. The van der Waals surface area contributed by atoms with Crippen LogP contribution in [0.3, 0.4) is 0 Å². The molecule has 0 saturated carbocycles. The number of anilines is 3. The Kier molecular flexibility index (Phi) is 6.80. The third-order valence-electron chi connectivity index (χ3n) is 6.03. The van der Waals surface area contributed by atoms with Crippen molar-refractivity contribution < 1.29 is 23.9 Å². The zero-order valence-electron chi connectivity index (χ0n) is 19.1. The Labute approximate surface area is 195 Å². The van der Waals surface area contributed by atoms with Gasteiger partial charge in [0.1, 0.15) is 11.6 Å². The summed E-state index contributed by atoms with van der Waals surface area (Å²) in [5, 5.41) is 5.37. The number of nitrogens with zero attached hydrogens (tertiary/aromatic N) is 2. The van der Waals surface area contributed by atoms with Crippen LogP contribution in [-0.2, 0) is 19.1 Å². The number of nitrogens with one attached hydrogen (secondary N) is 3. The minimum absolute atomic E-state index is 0.0809. The zero-order chi connectivity index (χ0) is 24.2. The van der Waals surface area contributed by atoms with Gasteiger partial charge in [-0.3, -0.25) is 24.2 Å². The molecule has 180 valence electrons. The van der Waals surface area contributed by atoms with Crippen molar-refractivity contribution in [2.75, 3.05) is 42.3 Å². The highest BCUT2D eigenvalue weighted by atomic mass is 16.5. The van der Waals surface area contributed by atoms with Crippen molar-refractivity contribution in [3.8, 4) is 5.75 Å². The van der Waals surface area contributed by atoms with Crippen LogP contribution in [0.4, 0.5) is 17.5 Å². The molecule has 0 spiro atoms. The molecule has 2 aliphatic heterocycles. The number of H-pyrrole nitrogens is 1. The van der Waals surface area contributed by atoms with E-state index in [0.717, 1.165) is 0 Å². The van der Waals surface area contributed by atoms with E-state index in [-0.39, 0.29) is 29.7 Å². The van der Waals surface area contributed by atoms with Crippen LogP contribution in [0.15, 0.2) is 29.1 Å². The summed E-state index contributed by atoms with van der Waals surface area (Å²) in [5.74, 6) is -1.24. The Balaban J connectivity index is 1.52. The van der Waals surface area contributed by atoms with E-state index in [1.165, 1.54) is 0 Å². The van der Waals surface area contributed by atoms with E-state index < -0.39 is 23.3 Å². The third kappa shape index (κ3) is 4.87. The molecule has 1 unspecified atom stereocenters. The molecule has 1 saturated heterocycles. The van der Waals surface area contributed by atoms with Crippen molar-refractivity contribution in [3.63, 3.8) is 0 Å². The van der Waals surface area contributed by atoms with E-state index in [4.69, 9.17) is 9.47 Å². The van der Waals surface area contributed by atoms with Crippen LogP contribution in [0.25, 0.3) is 0 Å². The van der Waals surface area contributed by atoms with Crippen LogP contribution >= 0.6 is 0 Å². The minimum atomic E-state index is -0.981. The fourth-order valence-electron chi connectivity index (χ4n) is 4.22. The first kappa shape index (κ1) is 23.3. The van der Waals surface area contributed by atoms with Gasteiger partial charge in [-0.05, 0) is 44.0 Å². The number of aromatic amines is 1. The van der Waals surface area contributed by atoms with Crippen LogP contribution in [0.5, 0.6) is 5.75 Å². The molecule has 2 amide bonds. The number of hydrogen-bond donors (Lipinski definition) is 3. The average Bonchev–Trinajstić information content (AvgIpc) is 2.84. The van der Waals surface area contributed by atoms with E-state index in [1.54, 1.807) is 38.3 Å². The number of carbonyl (C=O) groups is 3. The van der Waals surface area contributed by atoms with E-state index in [1.807, 2.05) is 4.90 Å². The minimum Gasteiger partial charge on any atom is -0.497 e. The fourth-order valence-corrected chi connectivity index (χ4v) is 4.22. The van der Waals surface area contributed by atoms with Gasteiger partial charge in [-0.2, -0.15) is 4.98 Å². The first-order valence-corrected chi connectivity index (χ1v) is 11.2. The molecule has 0 radical (unpaired) electrons. The number of ether oxygens (including phenoxy) is 2. The quantitative estimate of drug-likeness (QED) is 0.542. The molecule has 1 fully saturated rings. The monoisotopic (exact) mass is 469 g/mol. The van der Waals surface area contributed by atoms with Gasteiger partial charge >= 0.3 is 5.97 Å². The number of fused-ring (bicyclic) bond motifs is 1. The molecule has 11 nitrogen and oxygen atoms in total. The second kappa shape index (κ2) is 9.94. The Morgan fingerprint density at radius 3 is 2.53 bits per heavy atom. The van der Waals surface area contributed by atoms with Crippen LogP contribution in [0, 0.1) is 5.92 Å². The van der Waals surface area contributed by atoms with Gasteiger partial charge in [0.05, 0.1) is 31.1 Å². The summed E-state index contributed by atoms with van der Waals surface area (Å²) in [4.78, 5) is 59.3. The van der Waals surface area contributed by atoms with Gasteiger partial charge in [-0.1, -0.05) is 0 Å². The topological polar surface area (TPSA) is 143 Å². The molecule has 1 aromatic heterocycles. The average molecular weight is 469 g/mol.